The van der Waals surface area contributed by atoms with Crippen molar-refractivity contribution < 1.29 is 33.4 Å². The van der Waals surface area contributed by atoms with E-state index >= 15 is 0 Å². The summed E-state index contributed by atoms with van der Waals surface area (Å²) >= 11 is 0. The van der Waals surface area contributed by atoms with E-state index in [-0.39, 0.29) is 6.54 Å². The maximum absolute atomic E-state index is 13.1. The van der Waals surface area contributed by atoms with Crippen LogP contribution in [0.15, 0.2) is 42.5 Å². The van der Waals surface area contributed by atoms with Gasteiger partial charge in [0.05, 0.1) is 26.9 Å². The van der Waals surface area contributed by atoms with E-state index in [1.807, 2.05) is 0 Å². The molecular formula is C23H25N3O7. The van der Waals surface area contributed by atoms with Crippen molar-refractivity contribution in [3.8, 4) is 11.5 Å². The lowest BCUT2D eigenvalue weighted by Gasteiger charge is -2.23. The number of urea groups is 1. The first-order valence-corrected chi connectivity index (χ1v) is 10.0. The summed E-state index contributed by atoms with van der Waals surface area (Å²) in [6, 6.07) is 10.7. The van der Waals surface area contributed by atoms with Crippen LogP contribution < -0.4 is 20.1 Å². The average molecular weight is 455 g/mol. The van der Waals surface area contributed by atoms with E-state index in [4.69, 9.17) is 9.47 Å². The van der Waals surface area contributed by atoms with Gasteiger partial charge in [0.2, 0.25) is 5.91 Å². The number of methoxy groups -OCH3 is 3. The number of nitrogens with zero attached hydrogens (tertiary/aromatic N) is 1. The molecule has 0 aromatic heterocycles. The molecule has 1 saturated heterocycles. The van der Waals surface area contributed by atoms with Gasteiger partial charge in [-0.2, -0.15) is 0 Å². The Hall–Kier alpha value is -4.08. The standard InChI is InChI=1S/C23H25N3O7/c1-23(16-9-10-17(31-2)18(11-16)32-3)21(29)26(22(30)25-23)13-19(27)24-12-14-5-7-15(8-6-14)20(28)33-4/h5-11H,12-13H2,1-4H3,(H,24,27)(H,25,30). The van der Waals surface area contributed by atoms with Gasteiger partial charge in [-0.25, -0.2) is 9.59 Å². The predicted octanol–water partition coefficient (Wildman–Crippen LogP) is 1.57. The Kier molecular flexibility index (Phi) is 6.86. The Bertz CT molecular complexity index is 1080. The molecule has 1 atom stereocenters. The third-order valence-corrected chi connectivity index (χ3v) is 5.40. The zero-order valence-electron chi connectivity index (χ0n) is 18.8. The summed E-state index contributed by atoms with van der Waals surface area (Å²) in [5.74, 6) is -0.628. The summed E-state index contributed by atoms with van der Waals surface area (Å²) in [5, 5.41) is 5.32. The van der Waals surface area contributed by atoms with Gasteiger partial charge in [-0.3, -0.25) is 14.5 Å². The molecule has 10 heteroatoms. The van der Waals surface area contributed by atoms with E-state index in [0.717, 1.165) is 10.5 Å². The zero-order chi connectivity index (χ0) is 24.2. The molecule has 0 spiro atoms. The fourth-order valence-corrected chi connectivity index (χ4v) is 3.46. The third-order valence-electron chi connectivity index (χ3n) is 5.40. The molecule has 1 fully saturated rings. The van der Waals surface area contributed by atoms with Crippen molar-refractivity contribution in [3.63, 3.8) is 0 Å². The summed E-state index contributed by atoms with van der Waals surface area (Å²) in [6.45, 7) is 1.29. The molecule has 0 bridgehead atoms. The number of rotatable bonds is 8. The van der Waals surface area contributed by atoms with Crippen LogP contribution in [-0.2, 0) is 26.4 Å². The SMILES string of the molecule is COC(=O)c1ccc(CNC(=O)CN2C(=O)NC(C)(c3ccc(OC)c(OC)c3)C2=O)cc1. The lowest BCUT2D eigenvalue weighted by atomic mass is 9.91. The molecule has 33 heavy (non-hydrogen) atoms. The highest BCUT2D eigenvalue weighted by atomic mass is 16.5. The molecule has 2 aromatic rings. The van der Waals surface area contributed by atoms with E-state index in [0.29, 0.717) is 22.6 Å². The molecule has 2 N–H and O–H groups in total. The fourth-order valence-electron chi connectivity index (χ4n) is 3.46. The quantitative estimate of drug-likeness (QED) is 0.458. The van der Waals surface area contributed by atoms with Crippen LogP contribution in [0, 0.1) is 0 Å². The number of nitrogens with one attached hydrogen (secondary N) is 2. The van der Waals surface area contributed by atoms with Crippen LogP contribution in [0.25, 0.3) is 0 Å². The lowest BCUT2D eigenvalue weighted by molar-refractivity contribution is -0.134. The summed E-state index contributed by atoms with van der Waals surface area (Å²) in [4.78, 5) is 50.4. The second kappa shape index (κ2) is 9.60. The largest absolute Gasteiger partial charge is 0.493 e. The van der Waals surface area contributed by atoms with Crippen LogP contribution in [-0.4, -0.2) is 56.6 Å². The average Bonchev–Trinajstić information content (AvgIpc) is 3.05. The Balaban J connectivity index is 1.66. The first-order chi connectivity index (χ1) is 15.7. The number of carbonyl (C=O) groups is 4. The zero-order valence-corrected chi connectivity index (χ0v) is 18.8. The summed E-state index contributed by atoms with van der Waals surface area (Å²) in [7, 11) is 4.26. The van der Waals surface area contributed by atoms with E-state index in [1.54, 1.807) is 49.4 Å². The number of hydrogen-bond donors (Lipinski definition) is 2. The number of esters is 1. The lowest BCUT2D eigenvalue weighted by Crippen LogP contribution is -2.43. The van der Waals surface area contributed by atoms with Crippen molar-refractivity contribution in [2.24, 2.45) is 0 Å². The van der Waals surface area contributed by atoms with Crippen molar-refractivity contribution in [3.05, 3.63) is 59.2 Å². The Labute approximate surface area is 190 Å². The minimum atomic E-state index is -1.36. The molecule has 0 radical (unpaired) electrons. The van der Waals surface area contributed by atoms with E-state index in [2.05, 4.69) is 15.4 Å². The Morgan fingerprint density at radius 3 is 2.27 bits per heavy atom. The van der Waals surface area contributed by atoms with Crippen molar-refractivity contribution in [2.75, 3.05) is 27.9 Å². The minimum absolute atomic E-state index is 0.164. The monoisotopic (exact) mass is 455 g/mol. The highest BCUT2D eigenvalue weighted by Gasteiger charge is 2.49. The molecule has 1 aliphatic rings. The number of imide groups is 1. The van der Waals surface area contributed by atoms with Gasteiger partial charge in [0.15, 0.2) is 11.5 Å². The second-order valence-corrected chi connectivity index (χ2v) is 7.48. The summed E-state index contributed by atoms with van der Waals surface area (Å²) in [5.41, 5.74) is 0.262. The third kappa shape index (κ3) is 4.74. The van der Waals surface area contributed by atoms with Crippen molar-refractivity contribution in [1.82, 2.24) is 15.5 Å². The molecule has 1 heterocycles. The highest BCUT2D eigenvalue weighted by Crippen LogP contribution is 2.35. The van der Waals surface area contributed by atoms with E-state index in [9.17, 15) is 19.2 Å². The normalized spacial score (nSPS) is 17.4. The number of ether oxygens (including phenoxy) is 3. The van der Waals surface area contributed by atoms with Gasteiger partial charge in [0, 0.05) is 6.54 Å². The van der Waals surface area contributed by atoms with Crippen LogP contribution in [0.4, 0.5) is 4.79 Å². The first-order valence-electron chi connectivity index (χ1n) is 10.0. The number of amides is 4. The fraction of sp³-hybridized carbons (Fsp3) is 0.304. The molecule has 0 saturated carbocycles. The van der Waals surface area contributed by atoms with Crippen LogP contribution in [0.5, 0.6) is 11.5 Å². The van der Waals surface area contributed by atoms with Gasteiger partial charge in [-0.05, 0) is 42.3 Å². The predicted molar refractivity (Wildman–Crippen MR) is 117 cm³/mol. The van der Waals surface area contributed by atoms with Crippen molar-refractivity contribution >= 4 is 23.8 Å². The molecule has 1 aliphatic heterocycles. The highest BCUT2D eigenvalue weighted by molar-refractivity contribution is 6.09. The number of benzene rings is 2. The van der Waals surface area contributed by atoms with Gasteiger partial charge >= 0.3 is 12.0 Å². The number of hydrogen-bond acceptors (Lipinski definition) is 7. The molecular weight excluding hydrogens is 430 g/mol. The summed E-state index contributed by atoms with van der Waals surface area (Å²) < 4.78 is 15.1. The van der Waals surface area contributed by atoms with Crippen LogP contribution >= 0.6 is 0 Å². The topological polar surface area (TPSA) is 123 Å². The van der Waals surface area contributed by atoms with Crippen molar-refractivity contribution in [1.29, 1.82) is 0 Å². The second-order valence-electron chi connectivity index (χ2n) is 7.48. The van der Waals surface area contributed by atoms with Gasteiger partial charge in [-0.15, -0.1) is 0 Å². The maximum atomic E-state index is 13.1. The number of carbonyl (C=O) groups excluding carboxylic acids is 4. The van der Waals surface area contributed by atoms with E-state index < -0.39 is 35.9 Å². The van der Waals surface area contributed by atoms with E-state index in [1.165, 1.54) is 21.3 Å². The van der Waals surface area contributed by atoms with Gasteiger partial charge in [0.25, 0.3) is 5.91 Å². The first kappa shape index (κ1) is 23.6. The smallest absolute Gasteiger partial charge is 0.337 e. The van der Waals surface area contributed by atoms with Gasteiger partial charge < -0.3 is 24.8 Å². The molecule has 174 valence electrons. The summed E-state index contributed by atoms with van der Waals surface area (Å²) in [6.07, 6.45) is 0. The maximum Gasteiger partial charge on any atom is 0.337 e. The Morgan fingerprint density at radius 2 is 1.67 bits per heavy atom. The molecule has 1 unspecified atom stereocenters. The van der Waals surface area contributed by atoms with Crippen LogP contribution in [0.2, 0.25) is 0 Å². The van der Waals surface area contributed by atoms with Crippen molar-refractivity contribution in [2.45, 2.75) is 19.0 Å². The van der Waals surface area contributed by atoms with Gasteiger partial charge in [-0.1, -0.05) is 18.2 Å². The molecule has 0 aliphatic carbocycles. The van der Waals surface area contributed by atoms with Crippen LogP contribution in [0.3, 0.4) is 0 Å². The molecule has 10 nitrogen and oxygen atoms in total. The van der Waals surface area contributed by atoms with Crippen LogP contribution in [0.1, 0.15) is 28.4 Å². The Morgan fingerprint density at radius 1 is 1.00 bits per heavy atom. The molecule has 3 rings (SSSR count). The molecule has 4 amide bonds. The minimum Gasteiger partial charge on any atom is -0.493 e. The molecule has 2 aromatic carbocycles. The van der Waals surface area contributed by atoms with Gasteiger partial charge in [0.1, 0.15) is 12.1 Å².